The smallest absolute Gasteiger partial charge is 0.164 e. The number of hydrogen-bond acceptors (Lipinski definition) is 5. The summed E-state index contributed by atoms with van der Waals surface area (Å²) in [6.07, 6.45) is 0. The first-order valence-corrected chi connectivity index (χ1v) is 18.8. The lowest BCUT2D eigenvalue weighted by atomic mass is 9.93. The van der Waals surface area contributed by atoms with E-state index in [1.54, 1.807) is 0 Å². The maximum absolute atomic E-state index is 9.31. The zero-order chi connectivity index (χ0) is 38.1. The normalized spacial score (nSPS) is 11.1. The Morgan fingerprint density at radius 1 is 0.368 bits per heavy atom. The van der Waals surface area contributed by atoms with E-state index in [0.29, 0.717) is 23.0 Å². The highest BCUT2D eigenvalue weighted by atomic mass is 16.3. The molecule has 0 radical (unpaired) electrons. The molecule has 0 saturated heterocycles. The molecule has 0 N–H and O–H groups in total. The summed E-state index contributed by atoms with van der Waals surface area (Å²) in [5, 5.41) is 11.4. The monoisotopic (exact) mass is 728 g/mol. The van der Waals surface area contributed by atoms with Crippen LogP contribution in [0.5, 0.6) is 0 Å². The molecule has 0 unspecified atom stereocenters. The van der Waals surface area contributed by atoms with Crippen LogP contribution in [0.4, 0.5) is 0 Å². The summed E-state index contributed by atoms with van der Waals surface area (Å²) in [4.78, 5) is 15.1. The third-order valence-corrected chi connectivity index (χ3v) is 10.4. The predicted molar refractivity (Wildman–Crippen MR) is 230 cm³/mol. The Morgan fingerprint density at radius 3 is 1.49 bits per heavy atom. The van der Waals surface area contributed by atoms with Gasteiger partial charge in [0.05, 0.1) is 11.6 Å². The van der Waals surface area contributed by atoms with Gasteiger partial charge in [0.2, 0.25) is 0 Å². The fraction of sp³-hybridized carbons (Fsp3) is 0. The zero-order valence-corrected chi connectivity index (χ0v) is 30.7. The highest BCUT2D eigenvalue weighted by Gasteiger charge is 2.20. The quantitative estimate of drug-likeness (QED) is 0.163. The summed E-state index contributed by atoms with van der Waals surface area (Å²) in [5.41, 5.74) is 13.4. The zero-order valence-electron chi connectivity index (χ0n) is 30.7. The minimum absolute atomic E-state index is 0.545. The van der Waals surface area contributed by atoms with Gasteiger partial charge in [-0.25, -0.2) is 15.0 Å². The fourth-order valence-electron chi connectivity index (χ4n) is 7.53. The molecule has 0 fully saturated rings. The minimum Gasteiger partial charge on any atom is -0.455 e. The van der Waals surface area contributed by atoms with Crippen LogP contribution >= 0.6 is 0 Å². The van der Waals surface area contributed by atoms with Crippen molar-refractivity contribution >= 4 is 21.9 Å². The molecule has 0 aliphatic heterocycles. The number of fused-ring (bicyclic) bond motifs is 3. The Bertz CT molecular complexity index is 3110. The molecule has 57 heavy (non-hydrogen) atoms. The van der Waals surface area contributed by atoms with Crippen LogP contribution in [0.2, 0.25) is 0 Å². The second-order valence-electron chi connectivity index (χ2n) is 13.9. The third kappa shape index (κ3) is 6.42. The average molecular weight is 729 g/mol. The summed E-state index contributed by atoms with van der Waals surface area (Å²) in [6, 6.07) is 68.1. The van der Waals surface area contributed by atoms with Gasteiger partial charge < -0.3 is 4.42 Å². The van der Waals surface area contributed by atoms with Crippen molar-refractivity contribution in [3.8, 4) is 84.7 Å². The van der Waals surface area contributed by atoms with Crippen LogP contribution in [0.15, 0.2) is 199 Å². The predicted octanol–water partition coefficient (Wildman–Crippen LogP) is 13.3. The molecule has 5 nitrogen and oxygen atoms in total. The first kappa shape index (κ1) is 33.6. The van der Waals surface area contributed by atoms with E-state index in [4.69, 9.17) is 19.4 Å². The molecule has 0 amide bonds. The molecule has 2 heterocycles. The van der Waals surface area contributed by atoms with Crippen molar-refractivity contribution in [2.45, 2.75) is 0 Å². The first-order chi connectivity index (χ1) is 28.2. The van der Waals surface area contributed by atoms with Gasteiger partial charge in [0, 0.05) is 33.0 Å². The maximum Gasteiger partial charge on any atom is 0.164 e. The molecule has 0 atom stereocenters. The number of benzene rings is 8. The van der Waals surface area contributed by atoms with Crippen molar-refractivity contribution in [3.05, 3.63) is 200 Å². The molecular formula is C52H32N4O. The van der Waals surface area contributed by atoms with E-state index < -0.39 is 0 Å². The van der Waals surface area contributed by atoms with Crippen molar-refractivity contribution in [2.75, 3.05) is 0 Å². The molecule has 0 aliphatic carbocycles. The number of rotatable bonds is 7. The summed E-state index contributed by atoms with van der Waals surface area (Å²) in [5.74, 6) is 1.69. The van der Waals surface area contributed by atoms with Gasteiger partial charge in [-0.1, -0.05) is 152 Å². The lowest BCUT2D eigenvalue weighted by Crippen LogP contribution is -2.00. The van der Waals surface area contributed by atoms with Crippen LogP contribution in [0.1, 0.15) is 5.56 Å². The van der Waals surface area contributed by atoms with E-state index >= 15 is 0 Å². The summed E-state index contributed by atoms with van der Waals surface area (Å²) < 4.78 is 6.90. The first-order valence-electron chi connectivity index (χ1n) is 18.8. The summed E-state index contributed by atoms with van der Waals surface area (Å²) in [7, 11) is 0. The van der Waals surface area contributed by atoms with Gasteiger partial charge in [-0.3, -0.25) is 0 Å². The molecule has 5 heteroatoms. The van der Waals surface area contributed by atoms with Gasteiger partial charge in [-0.2, -0.15) is 5.26 Å². The number of aromatic nitrogens is 3. The minimum atomic E-state index is 0.545. The van der Waals surface area contributed by atoms with E-state index in [1.807, 2.05) is 78.9 Å². The fourth-order valence-corrected chi connectivity index (χ4v) is 7.53. The Morgan fingerprint density at radius 2 is 0.842 bits per heavy atom. The molecule has 0 aliphatic rings. The van der Waals surface area contributed by atoms with Crippen molar-refractivity contribution < 1.29 is 4.42 Å². The van der Waals surface area contributed by atoms with Crippen molar-refractivity contribution in [2.24, 2.45) is 0 Å². The Kier molecular flexibility index (Phi) is 8.48. The van der Waals surface area contributed by atoms with E-state index in [1.165, 1.54) is 5.56 Å². The van der Waals surface area contributed by atoms with Gasteiger partial charge >= 0.3 is 0 Å². The lowest BCUT2D eigenvalue weighted by Gasteiger charge is -2.10. The number of furan rings is 1. The van der Waals surface area contributed by atoms with Crippen molar-refractivity contribution in [1.29, 1.82) is 5.26 Å². The highest BCUT2D eigenvalue weighted by molar-refractivity contribution is 6.16. The lowest BCUT2D eigenvalue weighted by molar-refractivity contribution is 0.670. The summed E-state index contributed by atoms with van der Waals surface area (Å²) in [6.45, 7) is 0. The van der Waals surface area contributed by atoms with E-state index in [-0.39, 0.29) is 0 Å². The highest BCUT2D eigenvalue weighted by Crippen LogP contribution is 2.43. The van der Waals surface area contributed by atoms with Crippen LogP contribution < -0.4 is 0 Å². The number of nitrogens with zero attached hydrogens (tertiary/aromatic N) is 4. The SMILES string of the molecule is N#Cc1ccc(-c2cccc(-c3nc(-c4ccccc4)nc(-c4ccc5c(c4)oc4c(-c6ccccc6)ccc(-c6cccc(-c7ccccc7)c6)c45)n3)c2)cc1. The third-order valence-electron chi connectivity index (χ3n) is 10.4. The van der Waals surface area contributed by atoms with Gasteiger partial charge in [-0.15, -0.1) is 0 Å². The van der Waals surface area contributed by atoms with Gasteiger partial charge in [0.25, 0.3) is 0 Å². The van der Waals surface area contributed by atoms with Crippen LogP contribution in [0, 0.1) is 11.3 Å². The van der Waals surface area contributed by atoms with Gasteiger partial charge in [0.15, 0.2) is 17.5 Å². The van der Waals surface area contributed by atoms with E-state index in [9.17, 15) is 5.26 Å². The number of hydrogen-bond donors (Lipinski definition) is 0. The Balaban J connectivity index is 1.14. The Hall–Kier alpha value is -7.94. The second-order valence-corrected chi connectivity index (χ2v) is 13.9. The molecule has 0 spiro atoms. The Labute approximate surface area is 329 Å². The standard InChI is InChI=1S/C52H32N4O/c53-33-34-22-24-36(25-23-34)40-19-11-21-42(31-40)51-54-50(38-16-8-3-9-17-38)55-52(56-51)43-26-27-46-47(32-43)57-49-45(37-14-6-2-7-15-37)29-28-44(48(46)49)41-20-10-18-39(30-41)35-12-4-1-5-13-35/h1-32H. The molecule has 0 bridgehead atoms. The van der Waals surface area contributed by atoms with Crippen molar-refractivity contribution in [1.82, 2.24) is 15.0 Å². The van der Waals surface area contributed by atoms with Crippen LogP contribution in [-0.4, -0.2) is 15.0 Å². The molecule has 266 valence electrons. The van der Waals surface area contributed by atoms with E-state index in [2.05, 4.69) is 121 Å². The van der Waals surface area contributed by atoms with Crippen LogP contribution in [-0.2, 0) is 0 Å². The van der Waals surface area contributed by atoms with Crippen molar-refractivity contribution in [3.63, 3.8) is 0 Å². The number of nitriles is 1. The molecule has 10 aromatic rings. The van der Waals surface area contributed by atoms with Gasteiger partial charge in [-0.05, 0) is 81.4 Å². The molecular weight excluding hydrogens is 697 g/mol. The van der Waals surface area contributed by atoms with Crippen LogP contribution in [0.25, 0.3) is 101 Å². The summed E-state index contributed by atoms with van der Waals surface area (Å²) >= 11 is 0. The molecule has 8 aromatic carbocycles. The molecule has 0 saturated carbocycles. The second kappa shape index (κ2) is 14.4. The average Bonchev–Trinajstić information content (AvgIpc) is 3.69. The largest absolute Gasteiger partial charge is 0.455 e. The van der Waals surface area contributed by atoms with Gasteiger partial charge in [0.1, 0.15) is 11.2 Å². The van der Waals surface area contributed by atoms with Crippen LogP contribution in [0.3, 0.4) is 0 Å². The maximum atomic E-state index is 9.31. The van der Waals surface area contributed by atoms with E-state index in [0.717, 1.165) is 77.6 Å². The molecule has 2 aromatic heterocycles. The molecule has 10 rings (SSSR count). The topological polar surface area (TPSA) is 75.6 Å².